The highest BCUT2D eigenvalue weighted by Crippen LogP contribution is 2.29. The van der Waals surface area contributed by atoms with Crippen molar-refractivity contribution in [3.8, 4) is 5.75 Å². The van der Waals surface area contributed by atoms with Crippen LogP contribution in [0, 0.1) is 0 Å². The first-order chi connectivity index (χ1) is 13.8. The molecule has 1 saturated heterocycles. The Kier molecular flexibility index (Phi) is 6.85. The van der Waals surface area contributed by atoms with Gasteiger partial charge < -0.3 is 9.64 Å². The lowest BCUT2D eigenvalue weighted by Crippen LogP contribution is -2.42. The largest absolute Gasteiger partial charge is 0.493 e. The summed E-state index contributed by atoms with van der Waals surface area (Å²) >= 11 is 3.38. The summed E-state index contributed by atoms with van der Waals surface area (Å²) in [4.78, 5) is 14.8. The molecule has 1 heterocycles. The van der Waals surface area contributed by atoms with Gasteiger partial charge in [-0.2, -0.15) is 0 Å². The molecular weight excluding hydrogens is 456 g/mol. The fourth-order valence-corrected chi connectivity index (χ4v) is 5.00. The van der Waals surface area contributed by atoms with Crippen LogP contribution in [-0.4, -0.2) is 38.4 Å². The summed E-state index contributed by atoms with van der Waals surface area (Å²) in [5.41, 5.74) is 0.788. The number of likely N-dealkylation sites (tertiary alicyclic amines) is 1. The molecule has 1 atom stereocenters. The topological polar surface area (TPSA) is 75.7 Å². The molecule has 6 nitrogen and oxygen atoms in total. The molecule has 8 heteroatoms. The number of hydrogen-bond donors (Lipinski definition) is 1. The molecular formula is C21H25BrN2O4S. The SMILES string of the molecule is CCOc1ccc(NS(=O)(=O)c2cccc(C(=O)N3CCCCC3C)c2)cc1Br. The van der Waals surface area contributed by atoms with Gasteiger partial charge in [0.05, 0.1) is 21.7 Å². The highest BCUT2D eigenvalue weighted by molar-refractivity contribution is 9.10. The molecule has 0 aromatic heterocycles. The maximum absolute atomic E-state index is 12.9. The van der Waals surface area contributed by atoms with Crippen LogP contribution in [0.1, 0.15) is 43.5 Å². The van der Waals surface area contributed by atoms with Gasteiger partial charge in [-0.25, -0.2) is 8.42 Å². The monoisotopic (exact) mass is 480 g/mol. The average molecular weight is 481 g/mol. The summed E-state index contributed by atoms with van der Waals surface area (Å²) in [7, 11) is -3.84. The van der Waals surface area contributed by atoms with Crippen LogP contribution in [0.4, 0.5) is 5.69 Å². The Labute approximate surface area is 180 Å². The zero-order valence-electron chi connectivity index (χ0n) is 16.5. The van der Waals surface area contributed by atoms with Gasteiger partial charge in [-0.05, 0) is 85.4 Å². The van der Waals surface area contributed by atoms with E-state index in [1.54, 1.807) is 30.3 Å². The van der Waals surface area contributed by atoms with E-state index in [1.165, 1.54) is 12.1 Å². The maximum atomic E-state index is 12.9. The number of carbonyl (C=O) groups excluding carboxylic acids is 1. The number of anilines is 1. The third kappa shape index (κ3) is 5.11. The van der Waals surface area contributed by atoms with Gasteiger partial charge in [-0.15, -0.1) is 0 Å². The van der Waals surface area contributed by atoms with Crippen LogP contribution in [0.5, 0.6) is 5.75 Å². The van der Waals surface area contributed by atoms with E-state index < -0.39 is 10.0 Å². The van der Waals surface area contributed by atoms with E-state index in [2.05, 4.69) is 20.7 Å². The molecule has 3 rings (SSSR count). The Morgan fingerprint density at radius 2 is 2.03 bits per heavy atom. The standard InChI is InChI=1S/C21H25BrN2O4S/c1-3-28-20-11-10-17(14-19(20)22)23-29(26,27)18-9-6-8-16(13-18)21(25)24-12-5-4-7-15(24)2/h6,8-11,13-15,23H,3-5,7,12H2,1-2H3. The first-order valence-electron chi connectivity index (χ1n) is 9.68. The highest BCUT2D eigenvalue weighted by atomic mass is 79.9. The predicted octanol–water partition coefficient (Wildman–Crippen LogP) is 4.66. The fraction of sp³-hybridized carbons (Fsp3) is 0.381. The fourth-order valence-electron chi connectivity index (χ4n) is 3.41. The van der Waals surface area contributed by atoms with Crippen LogP contribution in [0.2, 0.25) is 0 Å². The number of amides is 1. The first-order valence-corrected chi connectivity index (χ1v) is 12.0. The Morgan fingerprint density at radius 1 is 1.24 bits per heavy atom. The number of piperidine rings is 1. The van der Waals surface area contributed by atoms with E-state index in [4.69, 9.17) is 4.74 Å². The molecule has 0 radical (unpaired) electrons. The molecule has 1 N–H and O–H groups in total. The van der Waals surface area contributed by atoms with Gasteiger partial charge in [0.2, 0.25) is 0 Å². The van der Waals surface area contributed by atoms with Crippen LogP contribution in [0.25, 0.3) is 0 Å². The minimum Gasteiger partial charge on any atom is -0.493 e. The molecule has 0 aliphatic carbocycles. The van der Waals surface area contributed by atoms with Crippen molar-refractivity contribution >= 4 is 37.5 Å². The van der Waals surface area contributed by atoms with Gasteiger partial charge in [-0.1, -0.05) is 6.07 Å². The van der Waals surface area contributed by atoms with Crippen LogP contribution in [0.3, 0.4) is 0 Å². The molecule has 1 unspecified atom stereocenters. The summed E-state index contributed by atoms with van der Waals surface area (Å²) in [5.74, 6) is 0.511. The van der Waals surface area contributed by atoms with Crippen molar-refractivity contribution in [3.05, 3.63) is 52.5 Å². The number of halogens is 1. The maximum Gasteiger partial charge on any atom is 0.261 e. The van der Waals surface area contributed by atoms with Crippen molar-refractivity contribution in [2.45, 2.75) is 44.0 Å². The van der Waals surface area contributed by atoms with Crippen LogP contribution < -0.4 is 9.46 Å². The van der Waals surface area contributed by atoms with Crippen molar-refractivity contribution in [1.82, 2.24) is 4.90 Å². The van der Waals surface area contributed by atoms with E-state index in [9.17, 15) is 13.2 Å². The summed E-state index contributed by atoms with van der Waals surface area (Å²) in [6, 6.07) is 11.3. The summed E-state index contributed by atoms with van der Waals surface area (Å²) in [6.45, 7) is 5.13. The van der Waals surface area contributed by atoms with Crippen LogP contribution in [-0.2, 0) is 10.0 Å². The van der Waals surface area contributed by atoms with Crippen molar-refractivity contribution in [1.29, 1.82) is 0 Å². The third-order valence-corrected chi connectivity index (χ3v) is 6.94. The number of ether oxygens (including phenoxy) is 1. The zero-order valence-corrected chi connectivity index (χ0v) is 18.9. The summed E-state index contributed by atoms with van der Waals surface area (Å²) < 4.78 is 34.4. The van der Waals surface area contributed by atoms with Crippen molar-refractivity contribution in [2.24, 2.45) is 0 Å². The zero-order chi connectivity index (χ0) is 21.0. The van der Waals surface area contributed by atoms with Crippen molar-refractivity contribution < 1.29 is 17.9 Å². The quantitative estimate of drug-likeness (QED) is 0.651. The molecule has 1 fully saturated rings. The lowest BCUT2D eigenvalue weighted by Gasteiger charge is -2.33. The second-order valence-electron chi connectivity index (χ2n) is 7.05. The highest BCUT2D eigenvalue weighted by Gasteiger charge is 2.25. The molecule has 0 bridgehead atoms. The Bertz CT molecular complexity index is 994. The summed E-state index contributed by atoms with van der Waals surface area (Å²) in [5, 5.41) is 0. The number of benzene rings is 2. The van der Waals surface area contributed by atoms with Gasteiger partial charge in [0.25, 0.3) is 15.9 Å². The Balaban J connectivity index is 1.81. The molecule has 2 aromatic carbocycles. The minimum absolute atomic E-state index is 0.0537. The summed E-state index contributed by atoms with van der Waals surface area (Å²) in [6.07, 6.45) is 3.06. The van der Waals surface area contributed by atoms with Crippen molar-refractivity contribution in [2.75, 3.05) is 17.9 Å². The number of hydrogen-bond acceptors (Lipinski definition) is 4. The Morgan fingerprint density at radius 3 is 2.72 bits per heavy atom. The second-order valence-corrected chi connectivity index (χ2v) is 9.59. The van der Waals surface area contributed by atoms with E-state index in [-0.39, 0.29) is 16.8 Å². The molecule has 1 amide bonds. The Hall–Kier alpha value is -2.06. The molecule has 1 aliphatic heterocycles. The second kappa shape index (κ2) is 9.17. The molecule has 29 heavy (non-hydrogen) atoms. The number of sulfonamides is 1. The van der Waals surface area contributed by atoms with E-state index >= 15 is 0 Å². The number of rotatable bonds is 6. The van der Waals surface area contributed by atoms with Gasteiger partial charge >= 0.3 is 0 Å². The minimum atomic E-state index is -3.84. The van der Waals surface area contributed by atoms with Crippen LogP contribution >= 0.6 is 15.9 Å². The lowest BCUT2D eigenvalue weighted by atomic mass is 10.0. The molecule has 2 aromatic rings. The van der Waals surface area contributed by atoms with Gasteiger partial charge in [-0.3, -0.25) is 9.52 Å². The smallest absolute Gasteiger partial charge is 0.261 e. The number of carbonyl (C=O) groups is 1. The molecule has 1 aliphatic rings. The van der Waals surface area contributed by atoms with Crippen molar-refractivity contribution in [3.63, 3.8) is 0 Å². The third-order valence-electron chi connectivity index (χ3n) is 4.94. The van der Waals surface area contributed by atoms with Gasteiger partial charge in [0.15, 0.2) is 0 Å². The lowest BCUT2D eigenvalue weighted by molar-refractivity contribution is 0.0635. The van der Waals surface area contributed by atoms with E-state index in [0.717, 1.165) is 19.3 Å². The van der Waals surface area contributed by atoms with Gasteiger partial charge in [0, 0.05) is 18.2 Å². The normalized spacial score (nSPS) is 17.1. The van der Waals surface area contributed by atoms with E-state index in [1.807, 2.05) is 18.7 Å². The molecule has 156 valence electrons. The number of nitrogens with one attached hydrogen (secondary N) is 1. The molecule has 0 saturated carbocycles. The average Bonchev–Trinajstić information content (AvgIpc) is 2.70. The van der Waals surface area contributed by atoms with Gasteiger partial charge in [0.1, 0.15) is 5.75 Å². The van der Waals surface area contributed by atoms with Crippen LogP contribution in [0.15, 0.2) is 51.8 Å². The first kappa shape index (κ1) is 21.6. The predicted molar refractivity (Wildman–Crippen MR) is 117 cm³/mol. The van der Waals surface area contributed by atoms with E-state index in [0.29, 0.717) is 34.6 Å². The molecule has 0 spiro atoms. The number of nitrogens with zero attached hydrogens (tertiary/aromatic N) is 1.